The zero-order chi connectivity index (χ0) is 43.4. The van der Waals surface area contributed by atoms with Gasteiger partial charge >= 0.3 is 13.8 Å². The topological polar surface area (TPSA) is 192 Å². The first kappa shape index (κ1) is 55.6. The van der Waals surface area contributed by atoms with Crippen LogP contribution in [0.1, 0.15) is 187 Å². The highest BCUT2D eigenvalue weighted by Gasteiger charge is 2.51. The molecule has 0 saturated heterocycles. The summed E-state index contributed by atoms with van der Waals surface area (Å²) in [7, 11) is -5.02. The summed E-state index contributed by atoms with van der Waals surface area (Å²) >= 11 is 0. The Kier molecular flexibility index (Phi) is 35.0. The van der Waals surface area contributed by atoms with Gasteiger partial charge in [0.25, 0.3) is 0 Å². The van der Waals surface area contributed by atoms with Gasteiger partial charge in [-0.3, -0.25) is 13.8 Å². The average molecular weight is 861 g/mol. The highest BCUT2D eigenvalue weighted by Crippen LogP contribution is 2.47. The predicted molar refractivity (Wildman–Crippen MR) is 235 cm³/mol. The molecule has 0 heterocycles. The van der Waals surface area contributed by atoms with E-state index in [0.717, 1.165) is 77.0 Å². The van der Waals surface area contributed by atoms with Crippen LogP contribution in [0.5, 0.6) is 0 Å². The number of hydrogen-bond acceptors (Lipinski definition) is 11. The summed E-state index contributed by atoms with van der Waals surface area (Å²) in [5, 5.41) is 50.2. The number of aliphatic hydroxyl groups excluding tert-OH is 5. The molecule has 1 aliphatic carbocycles. The van der Waals surface area contributed by atoms with Crippen LogP contribution in [0.2, 0.25) is 0 Å². The van der Waals surface area contributed by atoms with E-state index < -0.39 is 63.1 Å². The van der Waals surface area contributed by atoms with Crippen LogP contribution >= 0.6 is 7.82 Å². The van der Waals surface area contributed by atoms with Crippen molar-refractivity contribution in [3.8, 4) is 0 Å². The van der Waals surface area contributed by atoms with E-state index in [-0.39, 0.29) is 13.0 Å². The van der Waals surface area contributed by atoms with Crippen molar-refractivity contribution in [3.63, 3.8) is 0 Å². The molecule has 0 bridgehead atoms. The fourth-order valence-corrected chi connectivity index (χ4v) is 7.94. The Balaban J connectivity index is 2.41. The lowest BCUT2D eigenvalue weighted by Gasteiger charge is -2.41. The normalized spacial score (nSPS) is 22.8. The predicted octanol–water partition coefficient (Wildman–Crippen LogP) is 9.48. The minimum atomic E-state index is -5.02. The quantitative estimate of drug-likeness (QED) is 0.0149. The molecule has 12 nitrogen and oxygen atoms in total. The second-order valence-corrected chi connectivity index (χ2v) is 17.7. The average Bonchev–Trinajstić information content (AvgIpc) is 3.22. The molecule has 0 aromatic carbocycles. The molecule has 0 aromatic rings. The molecule has 59 heavy (non-hydrogen) atoms. The lowest BCUT2D eigenvalue weighted by atomic mass is 9.85. The third kappa shape index (κ3) is 29.5. The van der Waals surface area contributed by atoms with Gasteiger partial charge in [0.1, 0.15) is 42.7 Å². The smallest absolute Gasteiger partial charge is 0.457 e. The van der Waals surface area contributed by atoms with Crippen LogP contribution in [0, 0.1) is 0 Å². The Labute approximate surface area is 357 Å². The molecule has 346 valence electrons. The zero-order valence-corrected chi connectivity index (χ0v) is 37.7. The monoisotopic (exact) mass is 861 g/mol. The van der Waals surface area contributed by atoms with Crippen molar-refractivity contribution in [1.82, 2.24) is 0 Å². The molecule has 6 N–H and O–H groups in total. The van der Waals surface area contributed by atoms with Crippen LogP contribution in [-0.4, -0.2) is 98.9 Å². The second-order valence-electron chi connectivity index (χ2n) is 16.2. The van der Waals surface area contributed by atoms with Gasteiger partial charge in [-0.1, -0.05) is 147 Å². The number of ether oxygens (including phenoxy) is 2. The van der Waals surface area contributed by atoms with Gasteiger partial charge in [0.05, 0.1) is 13.2 Å². The van der Waals surface area contributed by atoms with Crippen molar-refractivity contribution in [1.29, 1.82) is 0 Å². The van der Waals surface area contributed by atoms with Crippen molar-refractivity contribution in [2.24, 2.45) is 0 Å². The lowest BCUT2D eigenvalue weighted by Crippen LogP contribution is -2.64. The van der Waals surface area contributed by atoms with Gasteiger partial charge in [0.2, 0.25) is 0 Å². The van der Waals surface area contributed by atoms with Gasteiger partial charge in [-0.05, 0) is 70.6 Å². The molecule has 0 amide bonds. The van der Waals surface area contributed by atoms with Crippen molar-refractivity contribution in [2.75, 3.05) is 19.8 Å². The molecule has 0 radical (unpaired) electrons. The van der Waals surface area contributed by atoms with Crippen LogP contribution in [0.4, 0.5) is 0 Å². The number of phosphoric ester groups is 1. The summed E-state index contributed by atoms with van der Waals surface area (Å²) in [5.41, 5.74) is 0. The van der Waals surface area contributed by atoms with Gasteiger partial charge in [0, 0.05) is 13.0 Å². The number of carbonyl (C=O) groups is 1. The van der Waals surface area contributed by atoms with Crippen LogP contribution in [0.15, 0.2) is 36.5 Å². The molecule has 6 atom stereocenters. The van der Waals surface area contributed by atoms with Crippen LogP contribution < -0.4 is 0 Å². The van der Waals surface area contributed by atoms with E-state index in [1.54, 1.807) is 0 Å². The summed E-state index contributed by atoms with van der Waals surface area (Å²) in [5.74, 6) is -0.493. The van der Waals surface area contributed by atoms with E-state index in [1.165, 1.54) is 83.5 Å². The van der Waals surface area contributed by atoms with Crippen molar-refractivity contribution in [2.45, 2.75) is 230 Å². The maximum absolute atomic E-state index is 12.8. The maximum atomic E-state index is 12.8. The van der Waals surface area contributed by atoms with E-state index in [4.69, 9.17) is 18.5 Å². The zero-order valence-electron chi connectivity index (χ0n) is 36.8. The number of allylic oxidation sites excluding steroid dienone is 6. The molecule has 13 heteroatoms. The first-order valence-electron chi connectivity index (χ1n) is 23.3. The standard InChI is InChI=1S/C46H85O12P/c1-3-5-7-9-11-13-15-17-19-21-23-25-27-29-31-33-35-40(47)57-39(38-56-59(53,54)58-46-44(51)42(49)41(48)43(50)45(46)52)37-55-36-34-32-30-28-26-24-22-20-18-16-14-12-10-8-6-4-2/h13,15,18-21,39,41-46,48-52H,3-12,14,16-17,22-38H2,1-2H3,(H,53,54)/b15-13-,20-18-,21-19-. The third-order valence-corrected chi connectivity index (χ3v) is 11.7. The van der Waals surface area contributed by atoms with E-state index in [9.17, 15) is 39.8 Å². The summed E-state index contributed by atoms with van der Waals surface area (Å²) < 4.78 is 34.2. The van der Waals surface area contributed by atoms with E-state index in [2.05, 4.69) is 50.3 Å². The third-order valence-electron chi connectivity index (χ3n) is 10.7. The van der Waals surface area contributed by atoms with E-state index in [0.29, 0.717) is 13.0 Å². The van der Waals surface area contributed by atoms with Gasteiger partial charge in [-0.15, -0.1) is 0 Å². The molecule has 6 unspecified atom stereocenters. The fraction of sp³-hybridized carbons (Fsp3) is 0.848. The van der Waals surface area contributed by atoms with Gasteiger partial charge in [-0.25, -0.2) is 4.57 Å². The molecular weight excluding hydrogens is 775 g/mol. The molecule has 0 aromatic heterocycles. The van der Waals surface area contributed by atoms with Crippen molar-refractivity contribution in [3.05, 3.63) is 36.5 Å². The molecule has 1 aliphatic rings. The Bertz CT molecular complexity index is 1120. The number of aliphatic hydroxyl groups is 5. The summed E-state index contributed by atoms with van der Waals surface area (Å²) in [4.78, 5) is 23.1. The van der Waals surface area contributed by atoms with E-state index >= 15 is 0 Å². The highest BCUT2D eigenvalue weighted by molar-refractivity contribution is 7.47. The number of carbonyl (C=O) groups excluding carboxylic acids is 1. The Morgan fingerprint density at radius 1 is 0.542 bits per heavy atom. The van der Waals surface area contributed by atoms with Gasteiger partial charge < -0.3 is 39.9 Å². The van der Waals surface area contributed by atoms with Crippen LogP contribution in [-0.2, 0) is 27.9 Å². The molecule has 1 saturated carbocycles. The molecule has 0 spiro atoms. The van der Waals surface area contributed by atoms with E-state index in [1.807, 2.05) is 0 Å². The minimum Gasteiger partial charge on any atom is -0.457 e. The molecule has 0 aliphatic heterocycles. The molecular formula is C46H85O12P. The lowest BCUT2D eigenvalue weighted by molar-refractivity contribution is -0.220. The number of hydrogen-bond donors (Lipinski definition) is 6. The first-order valence-corrected chi connectivity index (χ1v) is 24.8. The first-order chi connectivity index (χ1) is 28.5. The van der Waals surface area contributed by atoms with Gasteiger partial charge in [-0.2, -0.15) is 0 Å². The maximum Gasteiger partial charge on any atom is 0.472 e. The highest BCUT2D eigenvalue weighted by atomic mass is 31.2. The summed E-state index contributed by atoms with van der Waals surface area (Å²) in [6, 6.07) is 0. The fourth-order valence-electron chi connectivity index (χ4n) is 6.97. The van der Waals surface area contributed by atoms with Crippen LogP contribution in [0.25, 0.3) is 0 Å². The Morgan fingerprint density at radius 3 is 1.46 bits per heavy atom. The molecule has 1 fully saturated rings. The number of rotatable bonds is 39. The number of unbranched alkanes of at least 4 members (excludes halogenated alkanes) is 21. The largest absolute Gasteiger partial charge is 0.472 e. The summed E-state index contributed by atoms with van der Waals surface area (Å²) in [6.07, 6.45) is 30.6. The van der Waals surface area contributed by atoms with Crippen LogP contribution in [0.3, 0.4) is 0 Å². The van der Waals surface area contributed by atoms with Gasteiger partial charge in [0.15, 0.2) is 0 Å². The number of esters is 1. The SMILES string of the molecule is CCCCCC/C=C\C/C=C\CCCCCCCC(=O)OC(COCCCCCCCC/C=C\CCCCCCCC)COP(=O)(O)OC1C(O)C(O)C(O)C(O)C1O. The van der Waals surface area contributed by atoms with Crippen molar-refractivity contribution >= 4 is 13.8 Å². The Morgan fingerprint density at radius 2 is 0.949 bits per heavy atom. The Hall–Kier alpha value is -1.44. The summed E-state index contributed by atoms with van der Waals surface area (Å²) in [6.45, 7) is 4.21. The minimum absolute atomic E-state index is 0.0859. The molecule has 1 rings (SSSR count). The number of phosphoric acid groups is 1. The second kappa shape index (κ2) is 37.1. The van der Waals surface area contributed by atoms with Crippen molar-refractivity contribution < 1.29 is 58.3 Å².